The van der Waals surface area contributed by atoms with E-state index in [0.717, 1.165) is 30.6 Å². The van der Waals surface area contributed by atoms with E-state index in [1.807, 2.05) is 6.07 Å². The van der Waals surface area contributed by atoms with Crippen molar-refractivity contribution in [3.8, 4) is 0 Å². The van der Waals surface area contributed by atoms with Gasteiger partial charge in [-0.25, -0.2) is 9.97 Å². The van der Waals surface area contributed by atoms with Crippen LogP contribution >= 0.6 is 0 Å². The summed E-state index contributed by atoms with van der Waals surface area (Å²) in [5, 5.41) is 0. The summed E-state index contributed by atoms with van der Waals surface area (Å²) < 4.78 is 0. The first-order chi connectivity index (χ1) is 7.86. The molecule has 0 spiro atoms. The van der Waals surface area contributed by atoms with Crippen molar-refractivity contribution in [2.75, 3.05) is 23.7 Å². The smallest absolute Gasteiger partial charge is 0.138 e. The van der Waals surface area contributed by atoms with Crippen molar-refractivity contribution in [1.29, 1.82) is 0 Å². The van der Waals surface area contributed by atoms with Gasteiger partial charge in [0.15, 0.2) is 0 Å². The first kappa shape index (κ1) is 12.1. The highest BCUT2D eigenvalue weighted by Crippen LogP contribution is 2.26. The Morgan fingerprint density at radius 1 is 1.35 bits per heavy atom. The van der Waals surface area contributed by atoms with Gasteiger partial charge in [0.1, 0.15) is 17.5 Å². The van der Waals surface area contributed by atoms with E-state index < -0.39 is 0 Å². The number of nitrogen functional groups attached to an aromatic ring is 1. The van der Waals surface area contributed by atoms with Crippen LogP contribution in [0.1, 0.15) is 39.9 Å². The van der Waals surface area contributed by atoms with Crippen molar-refractivity contribution < 1.29 is 0 Å². The monoisotopic (exact) mass is 234 g/mol. The summed E-state index contributed by atoms with van der Waals surface area (Å²) in [5.74, 6) is 3.11. The maximum atomic E-state index is 5.88. The van der Waals surface area contributed by atoms with Crippen LogP contribution < -0.4 is 10.6 Å². The molecule has 2 heterocycles. The quantitative estimate of drug-likeness (QED) is 0.809. The van der Waals surface area contributed by atoms with Crippen molar-refractivity contribution in [2.24, 2.45) is 5.92 Å². The lowest BCUT2D eigenvalue weighted by Crippen LogP contribution is -2.24. The summed E-state index contributed by atoms with van der Waals surface area (Å²) in [7, 11) is 0. The standard InChI is InChI=1S/C13H22N4/c1-9-5-6-17(8-9)11-7-10(14)15-12(16-11)13(2,3)4/h7,9H,5-6,8H2,1-4H3,(H2,14,15,16). The van der Waals surface area contributed by atoms with Gasteiger partial charge in [0, 0.05) is 24.6 Å². The highest BCUT2D eigenvalue weighted by molar-refractivity contribution is 5.48. The second-order valence-electron chi connectivity index (χ2n) is 6.06. The van der Waals surface area contributed by atoms with Gasteiger partial charge >= 0.3 is 0 Å². The van der Waals surface area contributed by atoms with Crippen LogP contribution in [0.15, 0.2) is 6.07 Å². The van der Waals surface area contributed by atoms with Crippen LogP contribution in [0.5, 0.6) is 0 Å². The van der Waals surface area contributed by atoms with Gasteiger partial charge in [-0.3, -0.25) is 0 Å². The number of aromatic nitrogens is 2. The lowest BCUT2D eigenvalue weighted by atomic mass is 9.96. The molecule has 1 saturated heterocycles. The molecule has 0 radical (unpaired) electrons. The van der Waals surface area contributed by atoms with E-state index in [-0.39, 0.29) is 5.41 Å². The Hall–Kier alpha value is -1.32. The molecule has 1 aliphatic rings. The highest BCUT2D eigenvalue weighted by atomic mass is 15.2. The van der Waals surface area contributed by atoms with Gasteiger partial charge in [0.2, 0.25) is 0 Å². The Bertz CT molecular complexity index is 408. The number of hydrogen-bond donors (Lipinski definition) is 1. The molecule has 4 heteroatoms. The third-order valence-electron chi connectivity index (χ3n) is 3.15. The Labute approximate surface area is 103 Å². The SMILES string of the molecule is CC1CCN(c2cc(N)nc(C(C)(C)C)n2)C1. The predicted octanol–water partition coefficient (Wildman–Crippen LogP) is 2.20. The van der Waals surface area contributed by atoms with Crippen molar-refractivity contribution in [1.82, 2.24) is 9.97 Å². The van der Waals surface area contributed by atoms with Crippen LogP contribution in [0.25, 0.3) is 0 Å². The largest absolute Gasteiger partial charge is 0.384 e. The van der Waals surface area contributed by atoms with Crippen LogP contribution in [0, 0.1) is 5.92 Å². The third kappa shape index (κ3) is 2.68. The van der Waals surface area contributed by atoms with E-state index in [1.54, 1.807) is 0 Å². The van der Waals surface area contributed by atoms with Gasteiger partial charge in [-0.2, -0.15) is 0 Å². The van der Waals surface area contributed by atoms with Gasteiger partial charge < -0.3 is 10.6 Å². The molecular weight excluding hydrogens is 212 g/mol. The minimum atomic E-state index is -0.0600. The lowest BCUT2D eigenvalue weighted by Gasteiger charge is -2.22. The number of rotatable bonds is 1. The van der Waals surface area contributed by atoms with E-state index in [9.17, 15) is 0 Å². The predicted molar refractivity (Wildman–Crippen MR) is 71.1 cm³/mol. The summed E-state index contributed by atoms with van der Waals surface area (Å²) >= 11 is 0. The molecule has 1 aromatic rings. The molecule has 1 unspecified atom stereocenters. The molecule has 2 N–H and O–H groups in total. The van der Waals surface area contributed by atoms with E-state index in [0.29, 0.717) is 5.82 Å². The fraction of sp³-hybridized carbons (Fsp3) is 0.692. The van der Waals surface area contributed by atoms with Crippen molar-refractivity contribution in [3.63, 3.8) is 0 Å². The fourth-order valence-electron chi connectivity index (χ4n) is 2.09. The average molecular weight is 234 g/mol. The molecule has 0 saturated carbocycles. The third-order valence-corrected chi connectivity index (χ3v) is 3.15. The number of nitrogens with two attached hydrogens (primary N) is 1. The Balaban J connectivity index is 2.32. The Kier molecular flexibility index (Phi) is 2.98. The van der Waals surface area contributed by atoms with Crippen molar-refractivity contribution in [3.05, 3.63) is 11.9 Å². The molecule has 94 valence electrons. The zero-order chi connectivity index (χ0) is 12.6. The lowest BCUT2D eigenvalue weighted by molar-refractivity contribution is 0.545. The summed E-state index contributed by atoms with van der Waals surface area (Å²) in [4.78, 5) is 11.3. The average Bonchev–Trinajstić information content (AvgIpc) is 2.62. The van der Waals surface area contributed by atoms with Gasteiger partial charge in [-0.05, 0) is 12.3 Å². The van der Waals surface area contributed by atoms with E-state index in [2.05, 4.69) is 42.6 Å². The molecule has 2 rings (SSSR count). The Morgan fingerprint density at radius 3 is 2.59 bits per heavy atom. The molecule has 1 atom stereocenters. The molecule has 1 fully saturated rings. The van der Waals surface area contributed by atoms with Crippen molar-refractivity contribution >= 4 is 11.6 Å². The summed E-state index contributed by atoms with van der Waals surface area (Å²) in [6, 6.07) is 1.88. The van der Waals surface area contributed by atoms with Crippen LogP contribution in [-0.2, 0) is 5.41 Å². The summed E-state index contributed by atoms with van der Waals surface area (Å²) in [5.41, 5.74) is 5.82. The fourth-order valence-corrected chi connectivity index (χ4v) is 2.09. The van der Waals surface area contributed by atoms with Crippen LogP contribution in [0.4, 0.5) is 11.6 Å². The topological polar surface area (TPSA) is 55.0 Å². The number of hydrogen-bond acceptors (Lipinski definition) is 4. The molecule has 1 aromatic heterocycles. The van der Waals surface area contributed by atoms with Gasteiger partial charge in [0.25, 0.3) is 0 Å². The maximum Gasteiger partial charge on any atom is 0.138 e. The number of anilines is 2. The molecular formula is C13H22N4. The van der Waals surface area contributed by atoms with Crippen molar-refractivity contribution in [2.45, 2.75) is 39.5 Å². The Morgan fingerprint density at radius 2 is 2.06 bits per heavy atom. The molecule has 4 nitrogen and oxygen atoms in total. The van der Waals surface area contributed by atoms with Crippen LogP contribution in [-0.4, -0.2) is 23.1 Å². The molecule has 0 bridgehead atoms. The van der Waals surface area contributed by atoms with Gasteiger partial charge in [-0.1, -0.05) is 27.7 Å². The molecule has 17 heavy (non-hydrogen) atoms. The first-order valence-corrected chi connectivity index (χ1v) is 6.26. The van der Waals surface area contributed by atoms with E-state index in [4.69, 9.17) is 5.73 Å². The second-order valence-corrected chi connectivity index (χ2v) is 6.06. The van der Waals surface area contributed by atoms with Gasteiger partial charge in [-0.15, -0.1) is 0 Å². The van der Waals surface area contributed by atoms with E-state index >= 15 is 0 Å². The molecule has 1 aliphatic heterocycles. The summed E-state index contributed by atoms with van der Waals surface area (Å²) in [6.07, 6.45) is 1.23. The van der Waals surface area contributed by atoms with E-state index in [1.165, 1.54) is 6.42 Å². The minimum absolute atomic E-state index is 0.0600. The normalized spacial score (nSPS) is 20.9. The highest BCUT2D eigenvalue weighted by Gasteiger charge is 2.23. The van der Waals surface area contributed by atoms with Crippen LogP contribution in [0.3, 0.4) is 0 Å². The zero-order valence-electron chi connectivity index (χ0n) is 11.2. The molecule has 0 amide bonds. The maximum absolute atomic E-state index is 5.88. The van der Waals surface area contributed by atoms with Gasteiger partial charge in [0.05, 0.1) is 0 Å². The molecule has 0 aromatic carbocycles. The second kappa shape index (κ2) is 4.17. The number of nitrogens with zero attached hydrogens (tertiary/aromatic N) is 3. The molecule has 0 aliphatic carbocycles. The minimum Gasteiger partial charge on any atom is -0.384 e. The zero-order valence-corrected chi connectivity index (χ0v) is 11.2. The first-order valence-electron chi connectivity index (χ1n) is 6.26. The summed E-state index contributed by atoms with van der Waals surface area (Å²) in [6.45, 7) is 10.7. The van der Waals surface area contributed by atoms with Crippen LogP contribution in [0.2, 0.25) is 0 Å².